The molecule has 1 saturated heterocycles. The number of amides is 2. The predicted molar refractivity (Wildman–Crippen MR) is 98.6 cm³/mol. The van der Waals surface area contributed by atoms with E-state index in [1.54, 1.807) is 29.2 Å². The lowest BCUT2D eigenvalue weighted by atomic mass is 10.1. The van der Waals surface area contributed by atoms with Crippen molar-refractivity contribution in [1.82, 2.24) is 25.1 Å². The van der Waals surface area contributed by atoms with Gasteiger partial charge in [0.2, 0.25) is 0 Å². The number of rotatable bonds is 4. The Bertz CT molecular complexity index is 1020. The summed E-state index contributed by atoms with van der Waals surface area (Å²) in [6.45, 7) is 1.42. The van der Waals surface area contributed by atoms with Gasteiger partial charge in [0.1, 0.15) is 12.1 Å². The van der Waals surface area contributed by atoms with E-state index in [4.69, 9.17) is 0 Å². The summed E-state index contributed by atoms with van der Waals surface area (Å²) in [4.78, 5) is 27.4. The van der Waals surface area contributed by atoms with E-state index in [0.717, 1.165) is 12.8 Å². The van der Waals surface area contributed by atoms with Crippen molar-refractivity contribution in [2.75, 3.05) is 18.4 Å². The average Bonchev–Trinajstić information content (AvgIpc) is 3.42. The van der Waals surface area contributed by atoms with E-state index in [2.05, 4.69) is 20.8 Å². The van der Waals surface area contributed by atoms with Gasteiger partial charge in [-0.2, -0.15) is 4.68 Å². The Balaban J connectivity index is 1.64. The van der Waals surface area contributed by atoms with Crippen LogP contribution < -0.4 is 5.32 Å². The monoisotopic (exact) mass is 380 g/mol. The van der Waals surface area contributed by atoms with Gasteiger partial charge in [-0.3, -0.25) is 9.59 Å². The van der Waals surface area contributed by atoms with E-state index in [0.29, 0.717) is 24.3 Å². The van der Waals surface area contributed by atoms with Gasteiger partial charge in [0.05, 0.1) is 22.5 Å². The Morgan fingerprint density at radius 2 is 1.82 bits per heavy atom. The molecule has 28 heavy (non-hydrogen) atoms. The van der Waals surface area contributed by atoms with E-state index >= 15 is 0 Å². The summed E-state index contributed by atoms with van der Waals surface area (Å²) in [5, 5.41) is 13.5. The summed E-state index contributed by atoms with van der Waals surface area (Å²) in [7, 11) is 0. The maximum atomic E-state index is 13.7. The van der Waals surface area contributed by atoms with Crippen molar-refractivity contribution in [2.45, 2.75) is 12.8 Å². The molecule has 9 heteroatoms. The highest BCUT2D eigenvalue weighted by Crippen LogP contribution is 2.22. The Morgan fingerprint density at radius 3 is 2.57 bits per heavy atom. The van der Waals surface area contributed by atoms with E-state index in [1.807, 2.05) is 0 Å². The maximum Gasteiger partial charge on any atom is 0.257 e. The highest BCUT2D eigenvalue weighted by molar-refractivity contribution is 6.10. The Labute approximate surface area is 160 Å². The normalized spacial score (nSPS) is 13.5. The molecule has 2 amide bonds. The fraction of sp³-hybridized carbons (Fsp3) is 0.211. The molecule has 2 heterocycles. The molecule has 0 aliphatic carbocycles. The fourth-order valence-corrected chi connectivity index (χ4v) is 3.22. The highest BCUT2D eigenvalue weighted by Gasteiger charge is 2.23. The number of likely N-dealkylation sites (tertiary alicyclic amines) is 1. The second kappa shape index (κ2) is 7.55. The summed E-state index contributed by atoms with van der Waals surface area (Å²) in [6.07, 6.45) is 3.23. The van der Waals surface area contributed by atoms with Gasteiger partial charge in [0.15, 0.2) is 0 Å². The Morgan fingerprint density at radius 1 is 1.04 bits per heavy atom. The molecular weight excluding hydrogens is 363 g/mol. The third-order valence-electron chi connectivity index (χ3n) is 4.60. The summed E-state index contributed by atoms with van der Waals surface area (Å²) in [5.41, 5.74) is 1.20. The van der Waals surface area contributed by atoms with Crippen molar-refractivity contribution in [2.24, 2.45) is 0 Å². The van der Waals surface area contributed by atoms with Crippen LogP contribution in [0.25, 0.3) is 5.69 Å². The molecule has 1 aliphatic heterocycles. The van der Waals surface area contributed by atoms with Gasteiger partial charge < -0.3 is 10.2 Å². The molecule has 2 aromatic carbocycles. The molecule has 0 saturated carbocycles. The quantitative estimate of drug-likeness (QED) is 0.750. The largest absolute Gasteiger partial charge is 0.339 e. The van der Waals surface area contributed by atoms with Crippen LogP contribution in [0.3, 0.4) is 0 Å². The van der Waals surface area contributed by atoms with E-state index in [9.17, 15) is 14.0 Å². The number of carbonyl (C=O) groups is 2. The van der Waals surface area contributed by atoms with Gasteiger partial charge in [0.25, 0.3) is 11.8 Å². The number of aromatic nitrogens is 4. The minimum atomic E-state index is -0.522. The molecule has 3 aromatic rings. The van der Waals surface area contributed by atoms with Crippen LogP contribution in [-0.4, -0.2) is 50.0 Å². The van der Waals surface area contributed by atoms with Crippen LogP contribution in [-0.2, 0) is 0 Å². The zero-order chi connectivity index (χ0) is 19.5. The molecule has 1 aliphatic rings. The smallest absolute Gasteiger partial charge is 0.257 e. The van der Waals surface area contributed by atoms with Crippen LogP contribution >= 0.6 is 0 Å². The summed E-state index contributed by atoms with van der Waals surface area (Å²) in [5.74, 6) is -1.13. The Hall–Kier alpha value is -3.62. The molecular formula is C19H17FN6O2. The molecule has 0 unspecified atom stereocenters. The number of anilines is 1. The van der Waals surface area contributed by atoms with Crippen LogP contribution in [0, 0.1) is 5.82 Å². The van der Waals surface area contributed by atoms with Crippen LogP contribution in [0.4, 0.5) is 10.1 Å². The highest BCUT2D eigenvalue weighted by atomic mass is 19.1. The number of tetrazole rings is 1. The molecule has 1 fully saturated rings. The summed E-state index contributed by atoms with van der Waals surface area (Å²) < 4.78 is 14.9. The first kappa shape index (κ1) is 17.8. The van der Waals surface area contributed by atoms with Gasteiger partial charge in [0, 0.05) is 19.2 Å². The average molecular weight is 380 g/mol. The molecule has 0 spiro atoms. The second-order valence-electron chi connectivity index (χ2n) is 6.41. The van der Waals surface area contributed by atoms with Crippen molar-refractivity contribution in [3.63, 3.8) is 0 Å². The van der Waals surface area contributed by atoms with Crippen molar-refractivity contribution < 1.29 is 14.0 Å². The van der Waals surface area contributed by atoms with Crippen molar-refractivity contribution in [3.8, 4) is 5.69 Å². The first-order chi connectivity index (χ1) is 13.6. The number of benzene rings is 2. The number of carbonyl (C=O) groups excluding carboxylic acids is 2. The predicted octanol–water partition coefficient (Wildman–Crippen LogP) is 2.29. The first-order valence-electron chi connectivity index (χ1n) is 8.86. The first-order valence-corrected chi connectivity index (χ1v) is 8.86. The fourth-order valence-electron chi connectivity index (χ4n) is 3.22. The molecule has 142 valence electrons. The summed E-state index contributed by atoms with van der Waals surface area (Å²) in [6, 6.07) is 10.6. The van der Waals surface area contributed by atoms with E-state index in [1.165, 1.54) is 29.2 Å². The SMILES string of the molecule is O=C(Nc1ccccc1C(=O)N1CCCC1)c1ccc(F)cc1-n1cnnn1. The number of halogens is 1. The number of para-hydroxylation sites is 1. The molecule has 4 rings (SSSR count). The molecule has 1 N–H and O–H groups in total. The number of nitrogens with zero attached hydrogens (tertiary/aromatic N) is 5. The molecule has 0 atom stereocenters. The van der Waals surface area contributed by atoms with E-state index < -0.39 is 11.7 Å². The van der Waals surface area contributed by atoms with Crippen molar-refractivity contribution in [1.29, 1.82) is 0 Å². The minimum Gasteiger partial charge on any atom is -0.339 e. The van der Waals surface area contributed by atoms with Gasteiger partial charge >= 0.3 is 0 Å². The van der Waals surface area contributed by atoms with Crippen LogP contribution in [0.15, 0.2) is 48.8 Å². The van der Waals surface area contributed by atoms with Crippen LogP contribution in [0.5, 0.6) is 0 Å². The lowest BCUT2D eigenvalue weighted by molar-refractivity contribution is 0.0794. The van der Waals surface area contributed by atoms with Gasteiger partial charge in [-0.15, -0.1) is 5.10 Å². The molecule has 0 bridgehead atoms. The lowest BCUT2D eigenvalue weighted by Gasteiger charge is -2.18. The number of hydrogen-bond acceptors (Lipinski definition) is 5. The minimum absolute atomic E-state index is 0.117. The molecule has 0 radical (unpaired) electrons. The third-order valence-corrected chi connectivity index (χ3v) is 4.60. The molecule has 8 nitrogen and oxygen atoms in total. The summed E-state index contributed by atoms with van der Waals surface area (Å²) >= 11 is 0. The Kier molecular flexibility index (Phi) is 4.79. The van der Waals surface area contributed by atoms with Gasteiger partial charge in [-0.25, -0.2) is 4.39 Å². The van der Waals surface area contributed by atoms with E-state index in [-0.39, 0.29) is 17.2 Å². The van der Waals surface area contributed by atoms with Crippen LogP contribution in [0.2, 0.25) is 0 Å². The van der Waals surface area contributed by atoms with Gasteiger partial charge in [-0.1, -0.05) is 12.1 Å². The van der Waals surface area contributed by atoms with Gasteiger partial charge in [-0.05, 0) is 47.5 Å². The zero-order valence-corrected chi connectivity index (χ0v) is 14.9. The standard InChI is InChI=1S/C19H17FN6O2/c20-13-7-8-15(17(11-13)26-12-21-23-24-26)18(27)22-16-6-2-1-5-14(16)19(28)25-9-3-4-10-25/h1-2,5-8,11-12H,3-4,9-10H2,(H,22,27). The zero-order valence-electron chi connectivity index (χ0n) is 14.9. The molecule has 1 aromatic heterocycles. The number of hydrogen-bond donors (Lipinski definition) is 1. The topological polar surface area (TPSA) is 93.0 Å². The second-order valence-corrected chi connectivity index (χ2v) is 6.41. The number of nitrogens with one attached hydrogen (secondary N) is 1. The lowest BCUT2D eigenvalue weighted by Crippen LogP contribution is -2.29. The van der Waals surface area contributed by atoms with Crippen molar-refractivity contribution in [3.05, 3.63) is 65.7 Å². The maximum absolute atomic E-state index is 13.7. The third kappa shape index (κ3) is 3.46. The van der Waals surface area contributed by atoms with Crippen LogP contribution in [0.1, 0.15) is 33.6 Å². The van der Waals surface area contributed by atoms with Crippen molar-refractivity contribution >= 4 is 17.5 Å².